The molecule has 4 aromatic carbocycles. The van der Waals surface area contributed by atoms with E-state index >= 15 is 0 Å². The predicted molar refractivity (Wildman–Crippen MR) is 271 cm³/mol. The van der Waals surface area contributed by atoms with Crippen molar-refractivity contribution in [3.8, 4) is 0 Å². The molecule has 4 nitrogen and oxygen atoms in total. The summed E-state index contributed by atoms with van der Waals surface area (Å²) >= 11 is 0. The molecule has 3 fully saturated rings. The Morgan fingerprint density at radius 3 is 0.641 bits per heavy atom. The topological polar surface area (TPSA) is 48.1 Å². The van der Waals surface area contributed by atoms with Gasteiger partial charge in [0.2, 0.25) is 0 Å². The molecule has 9 rings (SSSR count). The van der Waals surface area contributed by atoms with Crippen LogP contribution in [0.3, 0.4) is 0 Å². The summed E-state index contributed by atoms with van der Waals surface area (Å²) in [6.45, 7) is 27.9. The minimum absolute atomic E-state index is 0.110. The monoisotopic (exact) mass is 857 g/mol. The molecule has 0 spiro atoms. The van der Waals surface area contributed by atoms with Crippen molar-refractivity contribution in [1.82, 2.24) is 21.3 Å². The fourth-order valence-corrected chi connectivity index (χ4v) is 12.4. The van der Waals surface area contributed by atoms with E-state index < -0.39 is 0 Å². The van der Waals surface area contributed by atoms with Crippen molar-refractivity contribution < 1.29 is 0 Å². The molecule has 64 heavy (non-hydrogen) atoms. The maximum Gasteiger partial charge on any atom is 0.0340 e. The van der Waals surface area contributed by atoms with Gasteiger partial charge in [-0.25, -0.2) is 0 Å². The summed E-state index contributed by atoms with van der Waals surface area (Å²) in [5.41, 5.74) is 11.8. The van der Waals surface area contributed by atoms with E-state index in [2.05, 4.69) is 226 Å². The predicted octanol–water partition coefficient (Wildman–Crippen LogP) is 12.4. The third-order valence-electron chi connectivity index (χ3n) is 16.2. The number of hydrogen-bond acceptors (Lipinski definition) is 4. The van der Waals surface area contributed by atoms with Crippen LogP contribution in [0.5, 0.6) is 0 Å². The molecule has 12 atom stereocenters. The average molecular weight is 857 g/mol. The molecule has 4 heteroatoms. The van der Waals surface area contributed by atoms with Gasteiger partial charge in [-0.3, -0.25) is 0 Å². The summed E-state index contributed by atoms with van der Waals surface area (Å²) in [6.07, 6.45) is 14.8. The summed E-state index contributed by atoms with van der Waals surface area (Å²) in [7, 11) is 0. The van der Waals surface area contributed by atoms with Crippen LogP contribution in [0.1, 0.15) is 177 Å². The zero-order valence-corrected chi connectivity index (χ0v) is 41.3. The first-order valence-corrected chi connectivity index (χ1v) is 25.0. The van der Waals surface area contributed by atoms with Crippen molar-refractivity contribution in [2.75, 3.05) is 0 Å². The van der Waals surface area contributed by atoms with E-state index in [1.807, 2.05) is 0 Å². The van der Waals surface area contributed by atoms with Crippen LogP contribution in [-0.2, 0) is 21.7 Å². The van der Waals surface area contributed by atoms with Gasteiger partial charge in [-0.1, -0.05) is 204 Å². The second-order valence-electron chi connectivity index (χ2n) is 24.7. The molecule has 5 aliphatic heterocycles. The van der Waals surface area contributed by atoms with Gasteiger partial charge in [0.25, 0.3) is 0 Å². The third kappa shape index (κ3) is 9.16. The van der Waals surface area contributed by atoms with Crippen molar-refractivity contribution in [2.45, 2.75) is 202 Å². The zero-order chi connectivity index (χ0) is 45.3. The minimum atomic E-state index is 0.110. The van der Waals surface area contributed by atoms with Crippen molar-refractivity contribution >= 4 is 0 Å². The molecule has 0 amide bonds. The fraction of sp³-hybridized carbons (Fsp3) is 0.533. The first-order chi connectivity index (χ1) is 30.2. The lowest BCUT2D eigenvalue weighted by Crippen LogP contribution is -2.52. The second kappa shape index (κ2) is 17.1. The first-order valence-electron chi connectivity index (χ1n) is 25.0. The Balaban J connectivity index is 1.14. The van der Waals surface area contributed by atoms with Crippen molar-refractivity contribution in [2.24, 2.45) is 0 Å². The van der Waals surface area contributed by atoms with Gasteiger partial charge in [-0.15, -0.1) is 0 Å². The Bertz CT molecular complexity index is 1950. The van der Waals surface area contributed by atoms with Crippen LogP contribution in [0, 0.1) is 0 Å². The molecular formula is C60H80N4. The van der Waals surface area contributed by atoms with Crippen molar-refractivity contribution in [1.29, 1.82) is 0 Å². The summed E-state index contributed by atoms with van der Waals surface area (Å²) in [6, 6.07) is 41.1. The second-order valence-corrected chi connectivity index (χ2v) is 24.7. The van der Waals surface area contributed by atoms with Crippen molar-refractivity contribution in [3.05, 3.63) is 166 Å². The third-order valence-corrected chi connectivity index (χ3v) is 16.2. The lowest BCUT2D eigenvalue weighted by Gasteiger charge is -2.38. The summed E-state index contributed by atoms with van der Waals surface area (Å²) in [5.74, 6) is 1.19. The molecule has 0 radical (unpaired) electrons. The maximum absolute atomic E-state index is 4.42. The van der Waals surface area contributed by atoms with Crippen LogP contribution >= 0.6 is 0 Å². The van der Waals surface area contributed by atoms with Crippen LogP contribution < -0.4 is 21.3 Å². The highest BCUT2D eigenvalue weighted by Gasteiger charge is 2.47. The SMILES string of the molecule is CC(C)(C)c1ccc(C2C3C=CC(N3)C(c3ccc(C(C)(C)C)cc3)C3CCC(N3)C(c3ccc(C(C)(C)C)cc3)C3C=CC(N3)C(c3ccc(C(C)(C)C)cc3)C3CCC2N3)cc1. The van der Waals surface area contributed by atoms with Gasteiger partial charge in [0.05, 0.1) is 0 Å². The number of fused-ring (bicyclic) bond motifs is 8. The lowest BCUT2D eigenvalue weighted by molar-refractivity contribution is 0.317. The number of nitrogens with one attached hydrogen (secondary N) is 4. The van der Waals surface area contributed by atoms with Gasteiger partial charge >= 0.3 is 0 Å². The van der Waals surface area contributed by atoms with Crippen LogP contribution in [0.15, 0.2) is 121 Å². The van der Waals surface area contributed by atoms with Crippen LogP contribution in [0.4, 0.5) is 0 Å². The Labute approximate surface area is 388 Å². The van der Waals surface area contributed by atoms with Crippen LogP contribution in [0.2, 0.25) is 0 Å². The van der Waals surface area contributed by atoms with Gasteiger partial charge in [0.15, 0.2) is 0 Å². The maximum atomic E-state index is 4.42. The van der Waals surface area contributed by atoms with E-state index in [1.165, 1.54) is 44.5 Å². The molecule has 12 unspecified atom stereocenters. The number of benzene rings is 4. The zero-order valence-electron chi connectivity index (χ0n) is 41.3. The van der Waals surface area contributed by atoms with Gasteiger partial charge in [0.1, 0.15) is 0 Å². The standard InChI is InChI=1S/C60H80N4/c1-57(2,3)41-21-13-37(14-22-41)53-45-29-31-47(61-45)54(38-15-23-42(24-16-38)58(4,5)6)49-33-35-51(63-49)56(40-19-27-44(28-20-40)60(10,11)12)52-36-34-50(64-52)55(48-32-30-46(53)62-48)39-17-25-43(26-18-39)59(7,8)9/h13-29,31,34,36,45-56,61-64H,30,32-33,35H2,1-12H3. The summed E-state index contributed by atoms with van der Waals surface area (Å²) in [4.78, 5) is 0. The van der Waals surface area contributed by atoms with Gasteiger partial charge < -0.3 is 21.3 Å². The van der Waals surface area contributed by atoms with E-state index in [0.717, 1.165) is 25.7 Å². The molecule has 0 aliphatic carbocycles. The summed E-state index contributed by atoms with van der Waals surface area (Å²) in [5, 5.41) is 17.6. The molecule has 3 saturated heterocycles. The molecule has 5 heterocycles. The largest absolute Gasteiger partial charge is 0.310 e. The molecule has 340 valence electrons. The Morgan fingerprint density at radius 1 is 0.281 bits per heavy atom. The highest BCUT2D eigenvalue weighted by atomic mass is 15.1. The highest BCUT2D eigenvalue weighted by molar-refractivity contribution is 5.41. The molecule has 4 N–H and O–H groups in total. The Hall–Kier alpha value is -3.80. The summed E-state index contributed by atoms with van der Waals surface area (Å²) < 4.78 is 0. The first kappa shape index (κ1) is 45.4. The Kier molecular flexibility index (Phi) is 12.1. The van der Waals surface area contributed by atoms with Crippen LogP contribution in [-0.4, -0.2) is 48.3 Å². The van der Waals surface area contributed by atoms with E-state index in [0.29, 0.717) is 47.8 Å². The smallest absolute Gasteiger partial charge is 0.0340 e. The van der Waals surface area contributed by atoms with Crippen molar-refractivity contribution in [3.63, 3.8) is 0 Å². The lowest BCUT2D eigenvalue weighted by atomic mass is 9.80. The Morgan fingerprint density at radius 2 is 0.469 bits per heavy atom. The van der Waals surface area contributed by atoms with E-state index in [1.54, 1.807) is 0 Å². The molecule has 4 aromatic rings. The van der Waals surface area contributed by atoms with Gasteiger partial charge in [-0.2, -0.15) is 0 Å². The molecule has 0 saturated carbocycles. The quantitative estimate of drug-likeness (QED) is 0.155. The van der Waals surface area contributed by atoms with Gasteiger partial charge in [0, 0.05) is 72.0 Å². The van der Waals surface area contributed by atoms with Gasteiger partial charge in [-0.05, 0) is 91.9 Å². The molecular weight excluding hydrogens is 777 g/mol. The molecule has 5 aliphatic rings. The molecule has 0 aromatic heterocycles. The minimum Gasteiger partial charge on any atom is -0.310 e. The number of rotatable bonds is 4. The van der Waals surface area contributed by atoms with E-state index in [4.69, 9.17) is 0 Å². The van der Waals surface area contributed by atoms with Crippen LogP contribution in [0.25, 0.3) is 0 Å². The fourth-order valence-electron chi connectivity index (χ4n) is 12.4. The number of hydrogen-bond donors (Lipinski definition) is 4. The normalized spacial score (nSPS) is 32.1. The molecule has 8 bridgehead atoms. The van der Waals surface area contributed by atoms with E-state index in [-0.39, 0.29) is 45.8 Å². The highest BCUT2D eigenvalue weighted by Crippen LogP contribution is 2.45. The van der Waals surface area contributed by atoms with E-state index in [9.17, 15) is 0 Å². The average Bonchev–Trinajstić information content (AvgIpc) is 4.08.